The molecule has 0 spiro atoms. The van der Waals surface area contributed by atoms with Crippen molar-refractivity contribution in [1.82, 2.24) is 9.71 Å². The van der Waals surface area contributed by atoms with Crippen molar-refractivity contribution >= 4 is 21.7 Å². The van der Waals surface area contributed by atoms with Crippen molar-refractivity contribution in [2.24, 2.45) is 0 Å². The van der Waals surface area contributed by atoms with E-state index < -0.39 is 26.4 Å². The van der Waals surface area contributed by atoms with E-state index in [0.29, 0.717) is 5.56 Å². The third-order valence-electron chi connectivity index (χ3n) is 2.57. The zero-order chi connectivity index (χ0) is 14.0. The summed E-state index contributed by atoms with van der Waals surface area (Å²) in [5.74, 6) is 0. The number of rotatable bonds is 4. The first-order chi connectivity index (χ1) is 8.18. The molecule has 1 atom stereocenters. The highest BCUT2D eigenvalue weighted by Crippen LogP contribution is 2.32. The second kappa shape index (κ2) is 5.16. The Hall–Kier alpha value is -1.26. The van der Waals surface area contributed by atoms with Gasteiger partial charge in [0.1, 0.15) is 5.69 Å². The van der Waals surface area contributed by atoms with Crippen LogP contribution in [0, 0.1) is 11.5 Å². The van der Waals surface area contributed by atoms with Gasteiger partial charge < -0.3 is 0 Å². The molecule has 1 rings (SSSR count). The first-order valence-electron chi connectivity index (χ1n) is 4.95. The van der Waals surface area contributed by atoms with Gasteiger partial charge in [0.25, 0.3) is 0 Å². The van der Waals surface area contributed by atoms with E-state index in [1.807, 2.05) is 0 Å². The normalized spacial score (nSPS) is 14.7. The summed E-state index contributed by atoms with van der Waals surface area (Å²) in [6.07, 6.45) is 4.21. The lowest BCUT2D eigenvalue weighted by Crippen LogP contribution is -2.30. The Kier molecular flexibility index (Phi) is 4.24. The summed E-state index contributed by atoms with van der Waals surface area (Å²) in [7, 11) is -2.93. The van der Waals surface area contributed by atoms with Gasteiger partial charge in [-0.15, -0.1) is 0 Å². The molecule has 0 saturated carbocycles. The molecule has 1 heterocycles. The minimum atomic E-state index is -3.53. The molecule has 0 aromatic carbocycles. The fraction of sp³-hybridized carbons (Fsp3) is 0.400. The summed E-state index contributed by atoms with van der Waals surface area (Å²) in [6.45, 7) is 1.63. The molecule has 0 saturated heterocycles. The molecule has 0 amide bonds. The first-order valence-corrected chi connectivity index (χ1v) is 7.55. The van der Waals surface area contributed by atoms with Crippen LogP contribution in [0.2, 0.25) is 0 Å². The van der Waals surface area contributed by atoms with Gasteiger partial charge in [-0.05, 0) is 40.3 Å². The van der Waals surface area contributed by atoms with Crippen LogP contribution in [-0.4, -0.2) is 15.4 Å². The highest BCUT2D eigenvalue weighted by atomic mass is 35.5. The Morgan fingerprint density at radius 2 is 2.22 bits per heavy atom. The van der Waals surface area contributed by atoms with Crippen molar-refractivity contribution in [3.05, 3.63) is 29.6 Å². The Morgan fingerprint density at radius 3 is 2.61 bits per heavy atom. The van der Waals surface area contributed by atoms with Gasteiger partial charge in [-0.1, -0.05) is 6.07 Å². The van der Waals surface area contributed by atoms with Gasteiger partial charge in [-0.3, -0.25) is 13.9 Å². The number of nitrogens with one attached hydrogen (secondary N) is 1. The quantitative estimate of drug-likeness (QED) is 0.387. The predicted octanol–water partition coefficient (Wildman–Crippen LogP) is 2.06. The molecule has 1 unspecified atom stereocenters. The topological polar surface area (TPSA) is 65.8 Å². The van der Waals surface area contributed by atoms with Gasteiger partial charge in [0.2, 0.25) is 0 Å². The average molecular weight is 296 g/mol. The van der Waals surface area contributed by atoms with Gasteiger partial charge in [0.15, 0.2) is 6.19 Å². The van der Waals surface area contributed by atoms with Crippen LogP contribution >= 0.6 is 11.6 Å². The number of halogens is 3. The van der Waals surface area contributed by atoms with E-state index in [-0.39, 0.29) is 0 Å². The number of thiol groups is 1. The molecule has 4 nitrogen and oxygen atoms in total. The van der Waals surface area contributed by atoms with E-state index >= 15 is 0 Å². The second-order valence-electron chi connectivity index (χ2n) is 3.86. The minimum Gasteiger partial charge on any atom is -0.265 e. The summed E-state index contributed by atoms with van der Waals surface area (Å²) in [6, 6.07) is 2.45. The third kappa shape index (κ3) is 3.37. The maximum Gasteiger partial charge on any atom is 0.364 e. The Balaban J connectivity index is 3.00. The molecule has 0 fully saturated rings. The number of nitrogens with zero attached hydrogens (tertiary/aromatic N) is 2. The van der Waals surface area contributed by atoms with E-state index in [9.17, 15) is 13.0 Å². The van der Waals surface area contributed by atoms with Crippen LogP contribution in [0.25, 0.3) is 0 Å². The number of hydrogen-bond donors (Lipinski definition) is 2. The lowest BCUT2D eigenvalue weighted by atomic mass is 10.2. The summed E-state index contributed by atoms with van der Waals surface area (Å²) >= 11 is 4.82. The summed E-state index contributed by atoms with van der Waals surface area (Å²) < 4.78 is 39.8. The number of hydrogen-bond acceptors (Lipinski definition) is 3. The van der Waals surface area contributed by atoms with Gasteiger partial charge in [-0.2, -0.15) is 14.0 Å². The van der Waals surface area contributed by atoms with E-state index in [0.717, 1.165) is 6.07 Å². The highest BCUT2D eigenvalue weighted by Gasteiger charge is 2.30. The standard InChI is InChI=1S/C10H12ClF2N3OS/c1-7(18(2,17)16-6-14)8-3-4-9(15-5-8)10(11,12)13/h3-5,7,18H,1-2H3,(H,16,17). The lowest BCUT2D eigenvalue weighted by molar-refractivity contribution is 0.0900. The van der Waals surface area contributed by atoms with Gasteiger partial charge in [-0.25, -0.2) is 0 Å². The molecule has 100 valence electrons. The predicted molar refractivity (Wildman–Crippen MR) is 66.6 cm³/mol. The van der Waals surface area contributed by atoms with E-state index in [1.165, 1.54) is 18.5 Å². The summed E-state index contributed by atoms with van der Waals surface area (Å²) in [5.41, 5.74) is -0.0763. The minimum absolute atomic E-state index is 0.494. The van der Waals surface area contributed by atoms with Crippen LogP contribution in [-0.2, 0) is 15.5 Å². The molecule has 1 aromatic heterocycles. The average Bonchev–Trinajstić information content (AvgIpc) is 2.27. The zero-order valence-electron chi connectivity index (χ0n) is 9.69. The molecule has 18 heavy (non-hydrogen) atoms. The Bertz CT molecular complexity index is 509. The Labute approximate surface area is 110 Å². The van der Waals surface area contributed by atoms with Crippen LogP contribution in [0.1, 0.15) is 23.4 Å². The highest BCUT2D eigenvalue weighted by molar-refractivity contribution is 8.00. The molecule has 0 bridgehead atoms. The SMILES string of the molecule is CC(c1ccc(C(F)(F)Cl)nc1)[SH](C)(=O)NC#N. The molecule has 0 aliphatic rings. The third-order valence-corrected chi connectivity index (χ3v) is 5.08. The van der Waals surface area contributed by atoms with Crippen molar-refractivity contribution in [1.29, 1.82) is 5.26 Å². The van der Waals surface area contributed by atoms with Crippen molar-refractivity contribution in [2.45, 2.75) is 17.6 Å². The zero-order valence-corrected chi connectivity index (χ0v) is 11.3. The lowest BCUT2D eigenvalue weighted by Gasteiger charge is -2.24. The van der Waals surface area contributed by atoms with Gasteiger partial charge >= 0.3 is 5.38 Å². The van der Waals surface area contributed by atoms with Gasteiger partial charge in [0, 0.05) is 12.5 Å². The molecular weight excluding hydrogens is 284 g/mol. The molecule has 1 N–H and O–H groups in total. The van der Waals surface area contributed by atoms with Crippen LogP contribution < -0.4 is 4.72 Å². The van der Waals surface area contributed by atoms with Crippen molar-refractivity contribution < 1.29 is 13.0 Å². The smallest absolute Gasteiger partial charge is 0.265 e. The van der Waals surface area contributed by atoms with Crippen LogP contribution in [0.15, 0.2) is 18.3 Å². The molecule has 0 aliphatic heterocycles. The van der Waals surface area contributed by atoms with Crippen LogP contribution in [0.4, 0.5) is 8.78 Å². The molecule has 0 aliphatic carbocycles. The summed E-state index contributed by atoms with van der Waals surface area (Å²) in [5, 5.41) is 4.45. The van der Waals surface area contributed by atoms with Crippen molar-refractivity contribution in [2.75, 3.05) is 6.26 Å². The molecule has 1 aromatic rings. The largest absolute Gasteiger partial charge is 0.364 e. The van der Waals surface area contributed by atoms with Crippen molar-refractivity contribution in [3.63, 3.8) is 0 Å². The molecular formula is C10H12ClF2N3OS. The summed E-state index contributed by atoms with van der Waals surface area (Å²) in [4.78, 5) is 3.53. The molecule has 8 heteroatoms. The number of aromatic nitrogens is 1. The van der Waals surface area contributed by atoms with Crippen molar-refractivity contribution in [3.8, 4) is 6.19 Å². The van der Waals surface area contributed by atoms with E-state index in [4.69, 9.17) is 16.9 Å². The first kappa shape index (κ1) is 14.8. The number of alkyl halides is 3. The number of pyridine rings is 1. The number of nitriles is 1. The Morgan fingerprint density at radius 1 is 1.61 bits per heavy atom. The fourth-order valence-corrected chi connectivity index (χ4v) is 2.53. The maximum atomic E-state index is 12.7. The van der Waals surface area contributed by atoms with Gasteiger partial charge in [0.05, 0.1) is 5.25 Å². The van der Waals surface area contributed by atoms with E-state index in [2.05, 4.69) is 9.71 Å². The van der Waals surface area contributed by atoms with Crippen LogP contribution in [0.5, 0.6) is 0 Å². The fourth-order valence-electron chi connectivity index (χ4n) is 1.30. The van der Waals surface area contributed by atoms with E-state index in [1.54, 1.807) is 13.1 Å². The molecule has 0 radical (unpaired) electrons. The maximum absolute atomic E-state index is 12.7. The monoisotopic (exact) mass is 295 g/mol. The second-order valence-corrected chi connectivity index (χ2v) is 7.32. The van der Waals surface area contributed by atoms with Crippen LogP contribution in [0.3, 0.4) is 0 Å².